The highest BCUT2D eigenvalue weighted by Crippen LogP contribution is 2.60. The van der Waals surface area contributed by atoms with E-state index in [0.717, 1.165) is 6.08 Å². The highest BCUT2D eigenvalue weighted by Gasteiger charge is 2.65. The third-order valence-electron chi connectivity index (χ3n) is 3.35. The molecule has 1 amide bonds. The summed E-state index contributed by atoms with van der Waals surface area (Å²) >= 11 is 0. The second-order valence-corrected chi connectivity index (χ2v) is 4.33. The fourth-order valence-corrected chi connectivity index (χ4v) is 2.44. The normalized spacial score (nSPS) is 34.1. The number of amides is 1. The number of nitrogens with two attached hydrogens (primary N) is 1. The van der Waals surface area contributed by atoms with E-state index >= 15 is 0 Å². The molecule has 2 N–H and O–H groups in total. The van der Waals surface area contributed by atoms with Gasteiger partial charge < -0.3 is 5.73 Å². The van der Waals surface area contributed by atoms with Crippen LogP contribution in [0.5, 0.6) is 0 Å². The van der Waals surface area contributed by atoms with Gasteiger partial charge in [-0.3, -0.25) is 4.79 Å². The number of hydrogen-bond acceptors (Lipinski definition) is 1. The predicted molar refractivity (Wildman–Crippen MR) is 52.2 cm³/mol. The van der Waals surface area contributed by atoms with Gasteiger partial charge in [-0.2, -0.15) is 13.2 Å². The van der Waals surface area contributed by atoms with Crippen LogP contribution in [0, 0.1) is 17.3 Å². The maximum Gasteiger partial charge on any atom is 0.399 e. The van der Waals surface area contributed by atoms with E-state index in [4.69, 9.17) is 5.73 Å². The van der Waals surface area contributed by atoms with Crippen molar-refractivity contribution in [2.45, 2.75) is 19.0 Å². The van der Waals surface area contributed by atoms with Gasteiger partial charge in [0, 0.05) is 0 Å². The van der Waals surface area contributed by atoms with E-state index in [1.165, 1.54) is 18.2 Å². The summed E-state index contributed by atoms with van der Waals surface area (Å²) in [7, 11) is 0. The summed E-state index contributed by atoms with van der Waals surface area (Å²) < 4.78 is 39.6. The molecular formula is C11H12F3NO. The van der Waals surface area contributed by atoms with E-state index < -0.39 is 29.3 Å². The topological polar surface area (TPSA) is 43.1 Å². The van der Waals surface area contributed by atoms with Gasteiger partial charge in [0.2, 0.25) is 5.91 Å². The molecule has 2 unspecified atom stereocenters. The van der Waals surface area contributed by atoms with Crippen molar-refractivity contribution < 1.29 is 18.0 Å². The Balaban J connectivity index is 2.48. The summed E-state index contributed by atoms with van der Waals surface area (Å²) in [6.45, 7) is 0. The van der Waals surface area contributed by atoms with Crippen LogP contribution in [0.2, 0.25) is 0 Å². The molecule has 5 heteroatoms. The number of primary amides is 1. The number of carbonyl (C=O) groups is 1. The number of hydrogen-bond donors (Lipinski definition) is 1. The van der Waals surface area contributed by atoms with Gasteiger partial charge in [0.25, 0.3) is 0 Å². The average molecular weight is 231 g/mol. The van der Waals surface area contributed by atoms with Gasteiger partial charge in [-0.05, 0) is 18.8 Å². The van der Waals surface area contributed by atoms with Crippen molar-refractivity contribution in [1.82, 2.24) is 0 Å². The molecule has 2 aliphatic carbocycles. The zero-order valence-electron chi connectivity index (χ0n) is 8.50. The first kappa shape index (κ1) is 11.2. The maximum absolute atomic E-state index is 13.2. The lowest BCUT2D eigenvalue weighted by Gasteiger charge is -2.38. The van der Waals surface area contributed by atoms with Crippen molar-refractivity contribution >= 4 is 5.91 Å². The third-order valence-corrected chi connectivity index (χ3v) is 3.35. The lowest BCUT2D eigenvalue weighted by Crippen LogP contribution is -2.49. The summed E-state index contributed by atoms with van der Waals surface area (Å²) in [4.78, 5) is 11.2. The molecule has 0 saturated heterocycles. The van der Waals surface area contributed by atoms with E-state index in [9.17, 15) is 18.0 Å². The molecule has 2 atom stereocenters. The van der Waals surface area contributed by atoms with Crippen molar-refractivity contribution in [2.24, 2.45) is 23.0 Å². The highest BCUT2D eigenvalue weighted by molar-refractivity contribution is 5.80. The molecule has 0 spiro atoms. The van der Waals surface area contributed by atoms with Crippen LogP contribution in [0.15, 0.2) is 24.3 Å². The molecule has 2 rings (SSSR count). The van der Waals surface area contributed by atoms with Crippen LogP contribution in [0.25, 0.3) is 0 Å². The van der Waals surface area contributed by atoms with Crippen LogP contribution in [0.4, 0.5) is 13.2 Å². The van der Waals surface area contributed by atoms with E-state index in [0.29, 0.717) is 12.8 Å². The average Bonchev–Trinajstić information content (AvgIpc) is 2.98. The zero-order chi connectivity index (χ0) is 12.0. The largest absolute Gasteiger partial charge is 0.399 e. The van der Waals surface area contributed by atoms with Crippen LogP contribution < -0.4 is 5.73 Å². The SMILES string of the molecule is NC(=O)C1C=CC=CC1(C1CC1)C(F)(F)F. The van der Waals surface area contributed by atoms with E-state index in [-0.39, 0.29) is 0 Å². The Morgan fingerprint density at radius 2 is 1.94 bits per heavy atom. The standard InChI is InChI=1S/C11H12F3NO/c12-11(13,14)10(7-4-5-7)6-2-1-3-8(10)9(15)16/h1-3,6-8H,4-5H2,(H2,15,16). The first-order valence-electron chi connectivity index (χ1n) is 5.11. The molecule has 0 bridgehead atoms. The fourth-order valence-electron chi connectivity index (χ4n) is 2.44. The third kappa shape index (κ3) is 1.45. The van der Waals surface area contributed by atoms with Gasteiger partial charge >= 0.3 is 6.18 Å². The molecule has 0 radical (unpaired) electrons. The Morgan fingerprint density at radius 3 is 2.38 bits per heavy atom. The van der Waals surface area contributed by atoms with Crippen LogP contribution in [-0.4, -0.2) is 12.1 Å². The van der Waals surface area contributed by atoms with Gasteiger partial charge in [-0.15, -0.1) is 0 Å². The monoisotopic (exact) mass is 231 g/mol. The number of rotatable bonds is 2. The molecule has 0 aliphatic heterocycles. The lowest BCUT2D eigenvalue weighted by molar-refractivity contribution is -0.225. The van der Waals surface area contributed by atoms with E-state index in [1.807, 2.05) is 0 Å². The Labute approximate surface area is 91.0 Å². The zero-order valence-corrected chi connectivity index (χ0v) is 8.50. The van der Waals surface area contributed by atoms with Gasteiger partial charge in [0.05, 0.1) is 5.92 Å². The smallest absolute Gasteiger partial charge is 0.369 e. The molecule has 88 valence electrons. The van der Waals surface area contributed by atoms with Crippen LogP contribution in [0.3, 0.4) is 0 Å². The minimum absolute atomic E-state index is 0.501. The second-order valence-electron chi connectivity index (χ2n) is 4.33. The molecular weight excluding hydrogens is 219 g/mol. The quantitative estimate of drug-likeness (QED) is 0.777. The number of allylic oxidation sites excluding steroid dienone is 3. The Hall–Kier alpha value is -1.26. The summed E-state index contributed by atoms with van der Waals surface area (Å²) in [5.41, 5.74) is 3.01. The number of carbonyl (C=O) groups excluding carboxylic acids is 1. The maximum atomic E-state index is 13.2. The molecule has 16 heavy (non-hydrogen) atoms. The Kier molecular flexibility index (Phi) is 2.36. The van der Waals surface area contributed by atoms with Gasteiger partial charge in [0.15, 0.2) is 0 Å². The van der Waals surface area contributed by atoms with Crippen molar-refractivity contribution in [2.75, 3.05) is 0 Å². The first-order valence-corrected chi connectivity index (χ1v) is 5.11. The molecule has 0 aromatic heterocycles. The summed E-state index contributed by atoms with van der Waals surface area (Å²) in [5.74, 6) is -2.69. The predicted octanol–water partition coefficient (Wildman–Crippen LogP) is 2.17. The second kappa shape index (κ2) is 3.37. The van der Waals surface area contributed by atoms with Gasteiger partial charge in [-0.1, -0.05) is 24.3 Å². The Bertz CT molecular complexity index is 368. The molecule has 0 heterocycles. The van der Waals surface area contributed by atoms with Crippen LogP contribution in [-0.2, 0) is 4.79 Å². The van der Waals surface area contributed by atoms with E-state index in [2.05, 4.69) is 0 Å². The van der Waals surface area contributed by atoms with E-state index in [1.54, 1.807) is 0 Å². The fraction of sp³-hybridized carbons (Fsp3) is 0.545. The van der Waals surface area contributed by atoms with Crippen molar-refractivity contribution in [3.63, 3.8) is 0 Å². The molecule has 2 nitrogen and oxygen atoms in total. The van der Waals surface area contributed by atoms with Crippen molar-refractivity contribution in [1.29, 1.82) is 0 Å². The van der Waals surface area contributed by atoms with Crippen LogP contribution >= 0.6 is 0 Å². The molecule has 0 aromatic rings. The summed E-state index contributed by atoms with van der Waals surface area (Å²) in [6.07, 6.45) is 1.72. The minimum atomic E-state index is -4.44. The number of alkyl halides is 3. The van der Waals surface area contributed by atoms with Gasteiger partial charge in [0.1, 0.15) is 5.41 Å². The van der Waals surface area contributed by atoms with Gasteiger partial charge in [-0.25, -0.2) is 0 Å². The Morgan fingerprint density at radius 1 is 1.31 bits per heavy atom. The first-order chi connectivity index (χ1) is 7.39. The van der Waals surface area contributed by atoms with Crippen LogP contribution in [0.1, 0.15) is 12.8 Å². The minimum Gasteiger partial charge on any atom is -0.369 e. The van der Waals surface area contributed by atoms with Crippen molar-refractivity contribution in [3.05, 3.63) is 24.3 Å². The lowest BCUT2D eigenvalue weighted by atomic mass is 9.68. The summed E-state index contributed by atoms with van der Waals surface area (Å²) in [5, 5.41) is 0. The molecule has 1 saturated carbocycles. The highest BCUT2D eigenvalue weighted by atomic mass is 19.4. The van der Waals surface area contributed by atoms with Crippen molar-refractivity contribution in [3.8, 4) is 0 Å². The summed E-state index contributed by atoms with van der Waals surface area (Å²) in [6, 6.07) is 0. The molecule has 0 aromatic carbocycles. The number of halogens is 3. The molecule has 2 aliphatic rings. The molecule has 1 fully saturated rings.